The third-order valence-electron chi connectivity index (χ3n) is 3.60. The highest BCUT2D eigenvalue weighted by Gasteiger charge is 2.33. The van der Waals surface area contributed by atoms with Crippen LogP contribution in [0.25, 0.3) is 0 Å². The van der Waals surface area contributed by atoms with Gasteiger partial charge in [-0.15, -0.1) is 10.2 Å². The number of hydrogen-bond donors (Lipinski definition) is 1. The van der Waals surface area contributed by atoms with Gasteiger partial charge in [0.05, 0.1) is 24.4 Å². The Bertz CT molecular complexity index is 1000. The second-order valence-corrected chi connectivity index (χ2v) is 5.66. The zero-order valence-corrected chi connectivity index (χ0v) is 15.3. The summed E-state index contributed by atoms with van der Waals surface area (Å²) in [6.07, 6.45) is -4.68. The van der Waals surface area contributed by atoms with Gasteiger partial charge in [-0.1, -0.05) is 5.10 Å². The molecule has 15 heteroatoms. The third kappa shape index (κ3) is 4.87. The van der Waals surface area contributed by atoms with Crippen LogP contribution in [0.1, 0.15) is 34.5 Å². The van der Waals surface area contributed by atoms with Crippen molar-refractivity contribution in [2.75, 3.05) is 5.32 Å². The van der Waals surface area contributed by atoms with Gasteiger partial charge in [-0.2, -0.15) is 18.0 Å². The number of tetrazole rings is 2. The number of ether oxygens (including phenoxy) is 1. The first-order chi connectivity index (χ1) is 13.8. The number of aromatic nitrogens is 9. The first kappa shape index (κ1) is 20.2. The van der Waals surface area contributed by atoms with Crippen LogP contribution in [0.5, 0.6) is 0 Å². The van der Waals surface area contributed by atoms with Crippen LogP contribution in [0, 0.1) is 0 Å². The first-order valence-corrected chi connectivity index (χ1v) is 8.23. The number of carbonyl (C=O) groups excluding carboxylic acids is 1. The fourth-order valence-electron chi connectivity index (χ4n) is 2.19. The van der Waals surface area contributed by atoms with Crippen molar-refractivity contribution in [3.63, 3.8) is 0 Å². The normalized spacial score (nSPS) is 11.6. The summed E-state index contributed by atoms with van der Waals surface area (Å²) in [7, 11) is 1.49. The zero-order valence-electron chi connectivity index (χ0n) is 15.3. The van der Waals surface area contributed by atoms with Gasteiger partial charge in [-0.25, -0.2) is 9.67 Å². The van der Waals surface area contributed by atoms with Gasteiger partial charge in [-0.3, -0.25) is 10.1 Å². The van der Waals surface area contributed by atoms with E-state index in [0.29, 0.717) is 12.6 Å². The molecule has 1 N–H and O–H groups in total. The number of nitrogens with zero attached hydrogens (tertiary/aromatic N) is 9. The van der Waals surface area contributed by atoms with E-state index in [0.717, 1.165) is 6.07 Å². The Morgan fingerprint density at radius 1 is 1.21 bits per heavy atom. The van der Waals surface area contributed by atoms with Crippen molar-refractivity contribution in [1.82, 2.24) is 45.4 Å². The van der Waals surface area contributed by atoms with Gasteiger partial charge in [0, 0.05) is 7.05 Å². The van der Waals surface area contributed by atoms with Crippen molar-refractivity contribution in [2.45, 2.75) is 32.9 Å². The smallest absolute Gasteiger partial charge is 0.367 e. The summed E-state index contributed by atoms with van der Waals surface area (Å²) in [5.41, 5.74) is -1.48. The Balaban J connectivity index is 1.79. The summed E-state index contributed by atoms with van der Waals surface area (Å²) < 4.78 is 45.6. The molecule has 1 amide bonds. The van der Waals surface area contributed by atoms with Crippen LogP contribution in [0.15, 0.2) is 12.1 Å². The van der Waals surface area contributed by atoms with E-state index in [-0.39, 0.29) is 36.2 Å². The Morgan fingerprint density at radius 2 is 2.00 bits per heavy atom. The van der Waals surface area contributed by atoms with Crippen molar-refractivity contribution < 1.29 is 22.7 Å². The topological polar surface area (TPSA) is 138 Å². The molecule has 3 rings (SSSR count). The van der Waals surface area contributed by atoms with Gasteiger partial charge in [0.1, 0.15) is 12.3 Å². The second kappa shape index (κ2) is 8.26. The van der Waals surface area contributed by atoms with Crippen LogP contribution in [0.2, 0.25) is 0 Å². The molecule has 0 saturated carbocycles. The minimum Gasteiger partial charge on any atom is -0.367 e. The number of carbonyl (C=O) groups is 1. The molecule has 0 aliphatic rings. The molecule has 154 valence electrons. The Kier molecular flexibility index (Phi) is 5.76. The number of alkyl halides is 3. The zero-order chi connectivity index (χ0) is 21.0. The highest BCUT2D eigenvalue weighted by molar-refractivity contribution is 6.04. The molecule has 29 heavy (non-hydrogen) atoms. The highest BCUT2D eigenvalue weighted by Crippen LogP contribution is 2.28. The monoisotopic (exact) mass is 412 g/mol. The molecule has 3 aromatic rings. The summed E-state index contributed by atoms with van der Waals surface area (Å²) in [4.78, 5) is 17.4. The lowest BCUT2D eigenvalue weighted by molar-refractivity contribution is -0.141. The summed E-state index contributed by atoms with van der Waals surface area (Å²) in [5.74, 6) is -0.477. The fourth-order valence-corrected chi connectivity index (χ4v) is 2.19. The molecule has 0 unspecified atom stereocenters. The van der Waals surface area contributed by atoms with E-state index in [9.17, 15) is 18.0 Å². The largest absolute Gasteiger partial charge is 0.433 e. The first-order valence-electron chi connectivity index (χ1n) is 8.23. The molecule has 12 nitrogen and oxygen atoms in total. The van der Waals surface area contributed by atoms with Crippen LogP contribution in [0.3, 0.4) is 0 Å². The molecule has 0 aliphatic heterocycles. The van der Waals surface area contributed by atoms with Crippen LogP contribution in [0.4, 0.5) is 19.1 Å². The molecule has 0 saturated heterocycles. The minimum atomic E-state index is -4.68. The number of anilines is 1. The molecule has 3 aromatic heterocycles. The standard InChI is InChI=1S/C14H15F3N10O2/c1-3-27-22-11(20-24-27)7-29-6-9-8(4-5-10(18-9)14(15,16)17)12(28)19-13-21-23-25-26(13)2/h4-5H,3,6-7H2,1-2H3,(H,19,21,25,28). The van der Waals surface area contributed by atoms with Crippen LogP contribution in [-0.4, -0.2) is 51.3 Å². The third-order valence-corrected chi connectivity index (χ3v) is 3.60. The average molecular weight is 412 g/mol. The van der Waals surface area contributed by atoms with Gasteiger partial charge in [0.15, 0.2) is 5.82 Å². The quantitative estimate of drug-likeness (QED) is 0.591. The van der Waals surface area contributed by atoms with Crippen molar-refractivity contribution in [2.24, 2.45) is 7.05 Å². The highest BCUT2D eigenvalue weighted by atomic mass is 19.4. The van der Waals surface area contributed by atoms with Crippen molar-refractivity contribution in [3.8, 4) is 0 Å². The average Bonchev–Trinajstić information content (AvgIpc) is 3.30. The molecule has 0 fully saturated rings. The van der Waals surface area contributed by atoms with E-state index >= 15 is 0 Å². The van der Waals surface area contributed by atoms with Gasteiger partial charge >= 0.3 is 6.18 Å². The van der Waals surface area contributed by atoms with Crippen molar-refractivity contribution >= 4 is 11.9 Å². The van der Waals surface area contributed by atoms with Gasteiger partial charge in [0.2, 0.25) is 5.95 Å². The van der Waals surface area contributed by atoms with Crippen molar-refractivity contribution in [1.29, 1.82) is 0 Å². The van der Waals surface area contributed by atoms with E-state index < -0.39 is 17.8 Å². The molecule has 0 aromatic carbocycles. The molecule has 0 spiro atoms. The number of pyridine rings is 1. The summed E-state index contributed by atoms with van der Waals surface area (Å²) >= 11 is 0. The lowest BCUT2D eigenvalue weighted by atomic mass is 10.1. The number of halogens is 3. The van der Waals surface area contributed by atoms with Crippen LogP contribution < -0.4 is 5.32 Å². The van der Waals surface area contributed by atoms with E-state index in [1.54, 1.807) is 0 Å². The number of aryl methyl sites for hydroxylation is 2. The molecular weight excluding hydrogens is 397 g/mol. The predicted molar refractivity (Wildman–Crippen MR) is 88.0 cm³/mol. The maximum Gasteiger partial charge on any atom is 0.433 e. The molecule has 0 aliphatic carbocycles. The molecule has 0 bridgehead atoms. The van der Waals surface area contributed by atoms with E-state index in [4.69, 9.17) is 4.74 Å². The minimum absolute atomic E-state index is 0.0159. The van der Waals surface area contributed by atoms with Gasteiger partial charge < -0.3 is 4.74 Å². The predicted octanol–water partition coefficient (Wildman–Crippen LogP) is 0.599. The molecular formula is C14H15F3N10O2. The van der Waals surface area contributed by atoms with Crippen LogP contribution >= 0.6 is 0 Å². The summed E-state index contributed by atoms with van der Waals surface area (Å²) in [6.45, 7) is 1.82. The molecule has 0 atom stereocenters. The second-order valence-electron chi connectivity index (χ2n) is 5.66. The van der Waals surface area contributed by atoms with E-state index in [2.05, 4.69) is 41.2 Å². The number of nitrogens with one attached hydrogen (secondary N) is 1. The SMILES string of the molecule is CCn1nnc(COCc2nc(C(F)(F)F)ccc2C(=O)Nc2nnnn2C)n1. The number of rotatable bonds is 7. The van der Waals surface area contributed by atoms with Crippen molar-refractivity contribution in [3.05, 3.63) is 34.9 Å². The van der Waals surface area contributed by atoms with E-state index in [1.807, 2.05) is 6.92 Å². The maximum absolute atomic E-state index is 13.0. The van der Waals surface area contributed by atoms with E-state index in [1.165, 1.54) is 16.5 Å². The Labute approximate surface area is 161 Å². The Morgan fingerprint density at radius 3 is 2.62 bits per heavy atom. The summed E-state index contributed by atoms with van der Waals surface area (Å²) in [6, 6.07) is 1.72. The lowest BCUT2D eigenvalue weighted by Gasteiger charge is -2.12. The van der Waals surface area contributed by atoms with Gasteiger partial charge in [0.25, 0.3) is 5.91 Å². The number of amides is 1. The summed E-state index contributed by atoms with van der Waals surface area (Å²) in [5, 5.41) is 24.4. The van der Waals surface area contributed by atoms with Crippen LogP contribution in [-0.2, 0) is 37.7 Å². The Hall–Kier alpha value is -3.49. The van der Waals surface area contributed by atoms with Gasteiger partial charge in [-0.05, 0) is 34.7 Å². The fraction of sp³-hybridized carbons (Fsp3) is 0.429. The lowest BCUT2D eigenvalue weighted by Crippen LogP contribution is -2.20. The number of hydrogen-bond acceptors (Lipinski definition) is 9. The molecule has 0 radical (unpaired) electrons. The maximum atomic E-state index is 13.0. The molecule has 3 heterocycles.